The monoisotopic (exact) mass is 450 g/mol. The molecule has 2 aromatic carbocycles. The standard InChI is InChI=1S/C26H34N4O3/c1-3-8-25(31)27-20-11-12-22(21(19-20)26(32)30-13-6-7-14-30)28-15-17-29(18-16-28)23-9-4-5-10-24(23)33-2/h4-5,9-12,19H,3,6-8,13-18H2,1-2H3,(H,27,31). The van der Waals surface area contributed by atoms with Crippen LogP contribution in [0.15, 0.2) is 42.5 Å². The second-order valence-electron chi connectivity index (χ2n) is 8.68. The number of anilines is 3. The minimum atomic E-state index is -0.0183. The number of carbonyl (C=O) groups is 2. The van der Waals surface area contributed by atoms with Gasteiger partial charge in [-0.05, 0) is 49.6 Å². The maximum atomic E-state index is 13.4. The van der Waals surface area contributed by atoms with E-state index in [1.54, 1.807) is 7.11 Å². The summed E-state index contributed by atoms with van der Waals surface area (Å²) in [6.07, 6.45) is 3.36. The number of hydrogen-bond acceptors (Lipinski definition) is 5. The van der Waals surface area contributed by atoms with Crippen LogP contribution < -0.4 is 19.9 Å². The highest BCUT2D eigenvalue weighted by Crippen LogP contribution is 2.31. The van der Waals surface area contributed by atoms with Crippen molar-refractivity contribution >= 4 is 28.9 Å². The van der Waals surface area contributed by atoms with Crippen molar-refractivity contribution in [2.24, 2.45) is 0 Å². The van der Waals surface area contributed by atoms with Gasteiger partial charge in [-0.25, -0.2) is 0 Å². The summed E-state index contributed by atoms with van der Waals surface area (Å²) in [5.74, 6) is 0.916. The predicted molar refractivity (Wildman–Crippen MR) is 133 cm³/mol. The zero-order chi connectivity index (χ0) is 23.2. The summed E-state index contributed by atoms with van der Waals surface area (Å²) in [4.78, 5) is 32.1. The first kappa shape index (κ1) is 23.0. The van der Waals surface area contributed by atoms with Crippen LogP contribution in [0, 0.1) is 0 Å². The minimum Gasteiger partial charge on any atom is -0.495 e. The first-order valence-electron chi connectivity index (χ1n) is 12.0. The van der Waals surface area contributed by atoms with Gasteiger partial charge in [-0.15, -0.1) is 0 Å². The van der Waals surface area contributed by atoms with Crippen molar-refractivity contribution in [3.63, 3.8) is 0 Å². The third-order valence-corrected chi connectivity index (χ3v) is 6.43. The Morgan fingerprint density at radius 3 is 2.24 bits per heavy atom. The van der Waals surface area contributed by atoms with Crippen molar-refractivity contribution in [1.29, 1.82) is 0 Å². The van der Waals surface area contributed by atoms with Crippen LogP contribution in [0.5, 0.6) is 5.75 Å². The molecule has 7 nitrogen and oxygen atoms in total. The fourth-order valence-corrected chi connectivity index (χ4v) is 4.68. The lowest BCUT2D eigenvalue weighted by molar-refractivity contribution is -0.116. The smallest absolute Gasteiger partial charge is 0.256 e. The first-order valence-corrected chi connectivity index (χ1v) is 12.0. The molecule has 2 saturated heterocycles. The molecule has 0 saturated carbocycles. The quantitative estimate of drug-likeness (QED) is 0.691. The van der Waals surface area contributed by atoms with Crippen LogP contribution in [0.3, 0.4) is 0 Å². The van der Waals surface area contributed by atoms with Crippen LogP contribution >= 0.6 is 0 Å². The normalized spacial score (nSPS) is 16.1. The lowest BCUT2D eigenvalue weighted by atomic mass is 10.1. The summed E-state index contributed by atoms with van der Waals surface area (Å²) in [7, 11) is 1.70. The molecule has 2 heterocycles. The molecule has 0 unspecified atom stereocenters. The van der Waals surface area contributed by atoms with Crippen molar-refractivity contribution in [2.75, 3.05) is 61.5 Å². The van der Waals surface area contributed by atoms with E-state index < -0.39 is 0 Å². The van der Waals surface area contributed by atoms with Crippen molar-refractivity contribution in [3.8, 4) is 5.75 Å². The maximum absolute atomic E-state index is 13.4. The highest BCUT2D eigenvalue weighted by atomic mass is 16.5. The number of rotatable bonds is 7. The Hall–Kier alpha value is -3.22. The summed E-state index contributed by atoms with van der Waals surface area (Å²) < 4.78 is 5.54. The van der Waals surface area contributed by atoms with Gasteiger partial charge >= 0.3 is 0 Å². The van der Waals surface area contributed by atoms with Gasteiger partial charge in [0.1, 0.15) is 5.75 Å². The summed E-state index contributed by atoms with van der Waals surface area (Å²) in [5, 5.41) is 2.95. The van der Waals surface area contributed by atoms with Crippen LogP contribution in [0.2, 0.25) is 0 Å². The highest BCUT2D eigenvalue weighted by molar-refractivity contribution is 6.02. The molecule has 0 aliphatic carbocycles. The van der Waals surface area contributed by atoms with Gasteiger partial charge < -0.3 is 24.8 Å². The largest absolute Gasteiger partial charge is 0.495 e. The van der Waals surface area contributed by atoms with E-state index in [0.717, 1.165) is 75.7 Å². The third-order valence-electron chi connectivity index (χ3n) is 6.43. The van der Waals surface area contributed by atoms with E-state index in [-0.39, 0.29) is 11.8 Å². The van der Waals surface area contributed by atoms with Crippen LogP contribution in [0.25, 0.3) is 0 Å². The highest BCUT2D eigenvalue weighted by Gasteiger charge is 2.27. The fourth-order valence-electron chi connectivity index (χ4n) is 4.68. The Bertz CT molecular complexity index is 979. The number of amides is 2. The minimum absolute atomic E-state index is 0.0183. The second kappa shape index (κ2) is 10.6. The van der Waals surface area contributed by atoms with Gasteiger partial charge in [-0.1, -0.05) is 19.1 Å². The Morgan fingerprint density at radius 2 is 1.58 bits per heavy atom. The molecular weight excluding hydrogens is 416 g/mol. The van der Waals surface area contributed by atoms with E-state index in [0.29, 0.717) is 17.7 Å². The molecule has 2 aliphatic heterocycles. The predicted octanol–water partition coefficient (Wildman–Crippen LogP) is 4.00. The van der Waals surface area contributed by atoms with Crippen LogP contribution in [0.1, 0.15) is 43.0 Å². The van der Waals surface area contributed by atoms with Crippen molar-refractivity contribution < 1.29 is 14.3 Å². The number of carbonyl (C=O) groups excluding carboxylic acids is 2. The van der Waals surface area contributed by atoms with E-state index in [1.807, 2.05) is 48.2 Å². The molecular formula is C26H34N4O3. The van der Waals surface area contributed by atoms with Gasteiger partial charge in [0.05, 0.1) is 18.4 Å². The molecule has 2 aromatic rings. The number of nitrogens with one attached hydrogen (secondary N) is 1. The van der Waals surface area contributed by atoms with Crippen LogP contribution in [0.4, 0.5) is 17.1 Å². The second-order valence-corrected chi connectivity index (χ2v) is 8.68. The SMILES string of the molecule is CCCC(=O)Nc1ccc(N2CCN(c3ccccc3OC)CC2)c(C(=O)N2CCCC2)c1. The summed E-state index contributed by atoms with van der Waals surface area (Å²) >= 11 is 0. The fraction of sp³-hybridized carbons (Fsp3) is 0.462. The van der Waals surface area contributed by atoms with E-state index in [2.05, 4.69) is 21.2 Å². The van der Waals surface area contributed by atoms with Gasteiger partial charge in [0.15, 0.2) is 0 Å². The van der Waals surface area contributed by atoms with Crippen molar-refractivity contribution in [2.45, 2.75) is 32.6 Å². The van der Waals surface area contributed by atoms with Gasteiger partial charge in [0, 0.05) is 57.1 Å². The number of hydrogen-bond donors (Lipinski definition) is 1. The zero-order valence-electron chi connectivity index (χ0n) is 19.7. The summed E-state index contributed by atoms with van der Waals surface area (Å²) in [6.45, 7) is 6.87. The molecule has 176 valence electrons. The molecule has 7 heteroatoms. The van der Waals surface area contributed by atoms with E-state index in [9.17, 15) is 9.59 Å². The van der Waals surface area contributed by atoms with Gasteiger partial charge in [-0.3, -0.25) is 9.59 Å². The number of likely N-dealkylation sites (tertiary alicyclic amines) is 1. The Balaban J connectivity index is 1.55. The number of methoxy groups -OCH3 is 1. The topological polar surface area (TPSA) is 65.1 Å². The average molecular weight is 451 g/mol. The molecule has 0 spiro atoms. The maximum Gasteiger partial charge on any atom is 0.256 e. The number of piperazine rings is 1. The van der Waals surface area contributed by atoms with Gasteiger partial charge in [0.25, 0.3) is 5.91 Å². The number of ether oxygens (including phenoxy) is 1. The number of nitrogens with zero attached hydrogens (tertiary/aromatic N) is 3. The Labute approximate surface area is 196 Å². The van der Waals surface area contributed by atoms with E-state index in [4.69, 9.17) is 4.74 Å². The van der Waals surface area contributed by atoms with E-state index in [1.165, 1.54) is 0 Å². The molecule has 0 radical (unpaired) electrons. The molecule has 1 N–H and O–H groups in total. The molecule has 0 atom stereocenters. The zero-order valence-corrected chi connectivity index (χ0v) is 19.7. The molecule has 0 bridgehead atoms. The van der Waals surface area contributed by atoms with E-state index >= 15 is 0 Å². The molecule has 2 amide bonds. The van der Waals surface area contributed by atoms with Gasteiger partial charge in [-0.2, -0.15) is 0 Å². The van der Waals surface area contributed by atoms with Crippen molar-refractivity contribution in [1.82, 2.24) is 4.90 Å². The lowest BCUT2D eigenvalue weighted by Gasteiger charge is -2.38. The molecule has 33 heavy (non-hydrogen) atoms. The Kier molecular flexibility index (Phi) is 7.37. The average Bonchev–Trinajstić information content (AvgIpc) is 3.39. The third kappa shape index (κ3) is 5.24. The van der Waals surface area contributed by atoms with Crippen LogP contribution in [-0.4, -0.2) is 63.1 Å². The summed E-state index contributed by atoms with van der Waals surface area (Å²) in [6, 6.07) is 13.8. The molecule has 0 aromatic heterocycles. The van der Waals surface area contributed by atoms with Crippen molar-refractivity contribution in [3.05, 3.63) is 48.0 Å². The lowest BCUT2D eigenvalue weighted by Crippen LogP contribution is -2.47. The molecule has 4 rings (SSSR count). The summed E-state index contributed by atoms with van der Waals surface area (Å²) in [5.41, 5.74) is 3.41. The first-order chi connectivity index (χ1) is 16.1. The van der Waals surface area contributed by atoms with Crippen LogP contribution in [-0.2, 0) is 4.79 Å². The molecule has 2 fully saturated rings. The number of benzene rings is 2. The Morgan fingerprint density at radius 1 is 0.909 bits per heavy atom. The molecule has 2 aliphatic rings. The number of para-hydroxylation sites is 2. The van der Waals surface area contributed by atoms with Gasteiger partial charge in [0.2, 0.25) is 5.91 Å².